The van der Waals surface area contributed by atoms with Crippen LogP contribution >= 0.6 is 11.6 Å². The van der Waals surface area contributed by atoms with Crippen LogP contribution in [0.5, 0.6) is 0 Å². The zero-order chi connectivity index (χ0) is 12.4. The molecule has 0 radical (unpaired) electrons. The van der Waals surface area contributed by atoms with Gasteiger partial charge in [-0.3, -0.25) is 4.79 Å². The van der Waals surface area contributed by atoms with E-state index in [2.05, 4.69) is 0 Å². The van der Waals surface area contributed by atoms with Crippen molar-refractivity contribution < 1.29 is 4.79 Å². The molecule has 0 saturated heterocycles. The summed E-state index contributed by atoms with van der Waals surface area (Å²) in [5.41, 5.74) is 3.88. The fourth-order valence-corrected chi connectivity index (χ4v) is 2.08. The molecular formula is C15H13ClO. The maximum Gasteiger partial charge on any atom is 0.159 e. The van der Waals surface area contributed by atoms with Gasteiger partial charge in [-0.15, -0.1) is 0 Å². The number of ketones is 1. The summed E-state index contributed by atoms with van der Waals surface area (Å²) in [5, 5.41) is 0.737. The van der Waals surface area contributed by atoms with E-state index in [9.17, 15) is 4.79 Å². The second kappa shape index (κ2) is 4.72. The van der Waals surface area contributed by atoms with Crippen molar-refractivity contribution in [3.05, 3.63) is 58.6 Å². The third-order valence-corrected chi connectivity index (χ3v) is 3.04. The average molecular weight is 245 g/mol. The molecule has 0 aliphatic rings. The topological polar surface area (TPSA) is 17.1 Å². The standard InChI is InChI=1S/C15H13ClO/c1-10-3-8-14(15(16)9-10)13-6-4-12(5-7-13)11(2)17/h3-9H,1-2H3. The number of halogens is 1. The van der Waals surface area contributed by atoms with Crippen molar-refractivity contribution in [2.45, 2.75) is 13.8 Å². The van der Waals surface area contributed by atoms with Crippen molar-refractivity contribution in [3.63, 3.8) is 0 Å². The van der Waals surface area contributed by atoms with Gasteiger partial charge < -0.3 is 0 Å². The van der Waals surface area contributed by atoms with E-state index in [1.165, 1.54) is 0 Å². The maximum absolute atomic E-state index is 11.2. The van der Waals surface area contributed by atoms with Gasteiger partial charge in [0.25, 0.3) is 0 Å². The zero-order valence-electron chi connectivity index (χ0n) is 9.83. The number of hydrogen-bond acceptors (Lipinski definition) is 1. The van der Waals surface area contributed by atoms with Gasteiger partial charge in [0.1, 0.15) is 0 Å². The first-order valence-electron chi connectivity index (χ1n) is 5.45. The summed E-state index contributed by atoms with van der Waals surface area (Å²) in [5.74, 6) is 0.0755. The molecule has 2 aromatic carbocycles. The third kappa shape index (κ3) is 2.56. The Morgan fingerprint density at radius 3 is 2.24 bits per heavy atom. The van der Waals surface area contributed by atoms with Crippen molar-refractivity contribution in [1.82, 2.24) is 0 Å². The molecule has 0 aromatic heterocycles. The molecule has 0 bridgehead atoms. The molecule has 0 fully saturated rings. The number of carbonyl (C=O) groups is 1. The SMILES string of the molecule is CC(=O)c1ccc(-c2ccc(C)cc2Cl)cc1. The van der Waals surface area contributed by atoms with Gasteiger partial charge in [-0.2, -0.15) is 0 Å². The molecule has 1 nitrogen and oxygen atoms in total. The summed E-state index contributed by atoms with van der Waals surface area (Å²) in [6.45, 7) is 3.57. The van der Waals surface area contributed by atoms with Gasteiger partial charge in [0.2, 0.25) is 0 Å². The van der Waals surface area contributed by atoms with Crippen LogP contribution in [0.15, 0.2) is 42.5 Å². The molecule has 86 valence electrons. The first kappa shape index (κ1) is 11.9. The first-order chi connectivity index (χ1) is 8.08. The van der Waals surface area contributed by atoms with Gasteiger partial charge in [-0.1, -0.05) is 48.0 Å². The molecule has 0 heterocycles. The first-order valence-corrected chi connectivity index (χ1v) is 5.83. The molecule has 2 aromatic rings. The fourth-order valence-electron chi connectivity index (χ4n) is 1.74. The van der Waals surface area contributed by atoms with Gasteiger partial charge in [0.15, 0.2) is 5.78 Å². The lowest BCUT2D eigenvalue weighted by atomic mass is 10.0. The van der Waals surface area contributed by atoms with E-state index in [-0.39, 0.29) is 5.78 Å². The number of rotatable bonds is 2. The van der Waals surface area contributed by atoms with E-state index < -0.39 is 0 Å². The van der Waals surface area contributed by atoms with E-state index in [1.54, 1.807) is 6.92 Å². The Kier molecular flexibility index (Phi) is 3.30. The molecule has 0 N–H and O–H groups in total. The summed E-state index contributed by atoms with van der Waals surface area (Å²) in [7, 11) is 0. The monoisotopic (exact) mass is 244 g/mol. The molecule has 0 aliphatic carbocycles. The molecule has 0 spiro atoms. The minimum atomic E-state index is 0.0755. The van der Waals surface area contributed by atoms with E-state index in [0.717, 1.165) is 27.3 Å². The molecule has 0 unspecified atom stereocenters. The third-order valence-electron chi connectivity index (χ3n) is 2.73. The zero-order valence-corrected chi connectivity index (χ0v) is 10.6. The summed E-state index contributed by atoms with van der Waals surface area (Å²) in [6, 6.07) is 13.5. The molecule has 0 atom stereocenters. The number of hydrogen-bond donors (Lipinski definition) is 0. The highest BCUT2D eigenvalue weighted by molar-refractivity contribution is 6.33. The van der Waals surface area contributed by atoms with E-state index in [1.807, 2.05) is 49.4 Å². The van der Waals surface area contributed by atoms with Gasteiger partial charge >= 0.3 is 0 Å². The lowest BCUT2D eigenvalue weighted by Crippen LogP contribution is -1.91. The van der Waals surface area contributed by atoms with Crippen LogP contribution in [0.4, 0.5) is 0 Å². The van der Waals surface area contributed by atoms with Gasteiger partial charge in [-0.05, 0) is 31.0 Å². The van der Waals surface area contributed by atoms with Crippen LogP contribution in [0.3, 0.4) is 0 Å². The van der Waals surface area contributed by atoms with Crippen molar-refractivity contribution in [1.29, 1.82) is 0 Å². The quantitative estimate of drug-likeness (QED) is 0.710. The van der Waals surface area contributed by atoms with E-state index >= 15 is 0 Å². The predicted molar refractivity (Wildman–Crippen MR) is 71.6 cm³/mol. The summed E-state index contributed by atoms with van der Waals surface area (Å²) in [4.78, 5) is 11.2. The second-order valence-corrected chi connectivity index (χ2v) is 4.52. The van der Waals surface area contributed by atoms with E-state index in [4.69, 9.17) is 11.6 Å². The van der Waals surface area contributed by atoms with Crippen molar-refractivity contribution >= 4 is 17.4 Å². The summed E-state index contributed by atoms with van der Waals surface area (Å²) >= 11 is 6.20. The van der Waals surface area contributed by atoms with Gasteiger partial charge in [0, 0.05) is 16.1 Å². The highest BCUT2D eigenvalue weighted by atomic mass is 35.5. The van der Waals surface area contributed by atoms with Crippen LogP contribution in [0, 0.1) is 6.92 Å². The largest absolute Gasteiger partial charge is 0.295 e. The Bertz CT molecular complexity index is 556. The Morgan fingerprint density at radius 1 is 1.06 bits per heavy atom. The normalized spacial score (nSPS) is 10.3. The van der Waals surface area contributed by atoms with Gasteiger partial charge in [0.05, 0.1) is 0 Å². The molecular weight excluding hydrogens is 232 g/mol. The molecule has 17 heavy (non-hydrogen) atoms. The second-order valence-electron chi connectivity index (χ2n) is 4.12. The highest BCUT2D eigenvalue weighted by Gasteiger charge is 2.04. The van der Waals surface area contributed by atoms with Crippen molar-refractivity contribution in [2.24, 2.45) is 0 Å². The summed E-state index contributed by atoms with van der Waals surface area (Å²) in [6.07, 6.45) is 0. The van der Waals surface area contributed by atoms with E-state index in [0.29, 0.717) is 0 Å². The molecule has 0 saturated carbocycles. The van der Waals surface area contributed by atoms with Crippen LogP contribution in [0.2, 0.25) is 5.02 Å². The molecule has 0 amide bonds. The lowest BCUT2D eigenvalue weighted by molar-refractivity contribution is 0.101. The van der Waals surface area contributed by atoms with Crippen LogP contribution < -0.4 is 0 Å². The minimum absolute atomic E-state index is 0.0755. The molecule has 2 heteroatoms. The maximum atomic E-state index is 11.2. The molecule has 2 rings (SSSR count). The number of carbonyl (C=O) groups excluding carboxylic acids is 1. The highest BCUT2D eigenvalue weighted by Crippen LogP contribution is 2.28. The molecule has 0 aliphatic heterocycles. The number of Topliss-reactive ketones (excluding diaryl/α,β-unsaturated/α-hetero) is 1. The smallest absolute Gasteiger partial charge is 0.159 e. The lowest BCUT2D eigenvalue weighted by Gasteiger charge is -2.06. The van der Waals surface area contributed by atoms with Crippen LogP contribution in [0.1, 0.15) is 22.8 Å². The number of benzene rings is 2. The Hall–Kier alpha value is -1.60. The van der Waals surface area contributed by atoms with Crippen LogP contribution in [-0.4, -0.2) is 5.78 Å². The van der Waals surface area contributed by atoms with Crippen LogP contribution in [0.25, 0.3) is 11.1 Å². The Labute approximate surface area is 106 Å². The fraction of sp³-hybridized carbons (Fsp3) is 0.133. The van der Waals surface area contributed by atoms with Gasteiger partial charge in [-0.25, -0.2) is 0 Å². The van der Waals surface area contributed by atoms with Crippen LogP contribution in [-0.2, 0) is 0 Å². The average Bonchev–Trinajstić information content (AvgIpc) is 2.29. The Morgan fingerprint density at radius 2 is 1.71 bits per heavy atom. The summed E-state index contributed by atoms with van der Waals surface area (Å²) < 4.78 is 0. The van der Waals surface area contributed by atoms with Crippen molar-refractivity contribution in [2.75, 3.05) is 0 Å². The Balaban J connectivity index is 2.43. The number of aryl methyl sites for hydroxylation is 1. The van der Waals surface area contributed by atoms with Crippen molar-refractivity contribution in [3.8, 4) is 11.1 Å². The predicted octanol–water partition coefficient (Wildman–Crippen LogP) is 4.52. The minimum Gasteiger partial charge on any atom is -0.295 e.